The summed E-state index contributed by atoms with van der Waals surface area (Å²) in [6, 6.07) is 8.08. The normalized spacial score (nSPS) is 18.5. The Kier molecular flexibility index (Phi) is 12.3. The van der Waals surface area contributed by atoms with Crippen molar-refractivity contribution in [3.05, 3.63) is 69.4 Å². The number of aldehydes is 1. The Morgan fingerprint density at radius 1 is 1.07 bits per heavy atom. The Bertz CT molecular complexity index is 1410. The van der Waals surface area contributed by atoms with Gasteiger partial charge in [-0.2, -0.15) is 0 Å². The van der Waals surface area contributed by atoms with Crippen LogP contribution in [-0.2, 0) is 4.79 Å². The second-order valence-corrected chi connectivity index (χ2v) is 13.0. The van der Waals surface area contributed by atoms with Gasteiger partial charge in [0.1, 0.15) is 18.8 Å². The molecule has 1 amide bonds. The molecule has 0 spiro atoms. The standard InChI is InChI=1S/C34H43F3N4O4S/c1-24-19-27(32(43)40-13-10-34(44,22-36)11-14-40)20-25(2)28(24)7-18-46-41-15-8-33(23-42,9-16-41)39-31(38-3)26-5-6-29(37)30(21-26)45-17-4-12-35/h5-7,18-21,23,44H,4,8-17,22H2,1-3H3,(H,38,39)/b18-7+. The number of alkyl halides is 2. The van der Waals surface area contributed by atoms with Gasteiger partial charge in [-0.15, -0.1) is 0 Å². The second-order valence-electron chi connectivity index (χ2n) is 12.0. The van der Waals surface area contributed by atoms with Crippen molar-refractivity contribution in [2.45, 2.75) is 57.1 Å². The summed E-state index contributed by atoms with van der Waals surface area (Å²) < 4.78 is 47.4. The molecule has 8 nitrogen and oxygen atoms in total. The Hall–Kier alpha value is -3.35. The molecule has 0 saturated carbocycles. The number of amidine groups is 1. The highest BCUT2D eigenvalue weighted by Crippen LogP contribution is 2.29. The Balaban J connectivity index is 1.33. The van der Waals surface area contributed by atoms with Crippen molar-refractivity contribution in [1.82, 2.24) is 14.5 Å². The number of aliphatic hydroxyl groups is 1. The van der Waals surface area contributed by atoms with Gasteiger partial charge in [0.15, 0.2) is 11.6 Å². The zero-order valence-corrected chi connectivity index (χ0v) is 27.5. The number of halogens is 3. The molecule has 2 aromatic carbocycles. The zero-order valence-electron chi connectivity index (χ0n) is 26.7. The first kappa shape index (κ1) is 35.5. The number of carbonyl (C=O) groups is 2. The van der Waals surface area contributed by atoms with Crippen molar-refractivity contribution in [2.75, 3.05) is 53.2 Å². The molecule has 2 aliphatic heterocycles. The molecule has 0 atom stereocenters. The number of rotatable bonds is 12. The number of likely N-dealkylation sites (tertiary alicyclic amines) is 1. The number of hydrogen-bond acceptors (Lipinski definition) is 7. The van der Waals surface area contributed by atoms with Crippen LogP contribution < -0.4 is 10.1 Å². The highest BCUT2D eigenvalue weighted by Gasteiger charge is 2.36. The molecule has 2 aliphatic rings. The highest BCUT2D eigenvalue weighted by atomic mass is 32.2. The fourth-order valence-corrected chi connectivity index (χ4v) is 6.50. The minimum Gasteiger partial charge on any atom is -0.490 e. The first-order valence-corrected chi connectivity index (χ1v) is 16.4. The average Bonchev–Trinajstić information content (AvgIpc) is 3.06. The number of carbonyl (C=O) groups excluding carboxylic acids is 2. The quantitative estimate of drug-likeness (QED) is 0.103. The molecule has 2 fully saturated rings. The maximum atomic E-state index is 14.2. The van der Waals surface area contributed by atoms with Crippen LogP contribution in [0.15, 0.2) is 40.7 Å². The lowest BCUT2D eigenvalue weighted by atomic mass is 9.89. The van der Waals surface area contributed by atoms with Gasteiger partial charge in [0.05, 0.1) is 24.4 Å². The van der Waals surface area contributed by atoms with E-state index in [1.165, 1.54) is 12.1 Å². The summed E-state index contributed by atoms with van der Waals surface area (Å²) in [5.41, 5.74) is 1.92. The minimum absolute atomic E-state index is 0.00848. The van der Waals surface area contributed by atoms with E-state index < -0.39 is 30.3 Å². The summed E-state index contributed by atoms with van der Waals surface area (Å²) >= 11 is 1.55. The molecular weight excluding hydrogens is 617 g/mol. The molecule has 4 rings (SSSR count). The number of aliphatic imine (C=N–C) groups is 1. The third-order valence-electron chi connectivity index (χ3n) is 8.69. The maximum Gasteiger partial charge on any atom is 0.253 e. The Morgan fingerprint density at radius 2 is 1.74 bits per heavy atom. The molecule has 2 N–H and O–H groups in total. The largest absolute Gasteiger partial charge is 0.490 e. The lowest BCUT2D eigenvalue weighted by Crippen LogP contribution is -2.55. The van der Waals surface area contributed by atoms with Crippen LogP contribution in [0.2, 0.25) is 0 Å². The van der Waals surface area contributed by atoms with Gasteiger partial charge in [0.25, 0.3) is 5.91 Å². The molecule has 0 bridgehead atoms. The molecule has 2 saturated heterocycles. The third-order valence-corrected chi connectivity index (χ3v) is 9.61. The number of piperidine rings is 2. The number of ether oxygens (including phenoxy) is 1. The maximum absolute atomic E-state index is 14.2. The van der Waals surface area contributed by atoms with E-state index in [1.54, 1.807) is 30.0 Å². The summed E-state index contributed by atoms with van der Waals surface area (Å²) in [7, 11) is 1.60. The van der Waals surface area contributed by atoms with Gasteiger partial charge in [-0.1, -0.05) is 11.9 Å². The van der Waals surface area contributed by atoms with Crippen molar-refractivity contribution < 1.29 is 32.6 Å². The SMILES string of the molecule is CN=C(NC1(C=O)CCN(S/C=C/c2c(C)cc(C(=O)N3CCC(O)(CF)CC3)cc2C)CC1)c1ccc(F)c(OCCCF)c1. The minimum atomic E-state index is -1.33. The highest BCUT2D eigenvalue weighted by molar-refractivity contribution is 8.00. The van der Waals surface area contributed by atoms with E-state index in [4.69, 9.17) is 4.74 Å². The molecule has 12 heteroatoms. The topological polar surface area (TPSA) is 94.5 Å². The van der Waals surface area contributed by atoms with Crippen molar-refractivity contribution in [3.63, 3.8) is 0 Å². The fourth-order valence-electron chi connectivity index (χ4n) is 5.74. The lowest BCUT2D eigenvalue weighted by molar-refractivity contribution is -0.114. The van der Waals surface area contributed by atoms with Crippen LogP contribution in [0, 0.1) is 19.7 Å². The Morgan fingerprint density at radius 3 is 2.33 bits per heavy atom. The number of aryl methyl sites for hydroxylation is 2. The van der Waals surface area contributed by atoms with Crippen LogP contribution in [0.3, 0.4) is 0 Å². The van der Waals surface area contributed by atoms with Gasteiger partial charge in [0.2, 0.25) is 0 Å². The smallest absolute Gasteiger partial charge is 0.253 e. The molecule has 2 aromatic rings. The van der Waals surface area contributed by atoms with Gasteiger partial charge in [-0.05, 0) is 98.0 Å². The number of nitrogens with zero attached hydrogens (tertiary/aromatic N) is 3. The Labute approximate surface area is 273 Å². The van der Waals surface area contributed by atoms with E-state index in [9.17, 15) is 27.9 Å². The molecule has 0 aliphatic carbocycles. The van der Waals surface area contributed by atoms with Crippen LogP contribution in [-0.4, -0.2) is 96.7 Å². The number of benzene rings is 2. The first-order valence-electron chi connectivity index (χ1n) is 15.5. The lowest BCUT2D eigenvalue weighted by Gasteiger charge is -2.38. The van der Waals surface area contributed by atoms with Crippen LogP contribution in [0.1, 0.15) is 64.7 Å². The van der Waals surface area contributed by atoms with Crippen molar-refractivity contribution in [3.8, 4) is 5.75 Å². The summed E-state index contributed by atoms with van der Waals surface area (Å²) in [5.74, 6) is -0.216. The molecule has 0 aromatic heterocycles. The molecular formula is C34H43F3N4O4S. The van der Waals surface area contributed by atoms with E-state index >= 15 is 0 Å². The molecule has 0 radical (unpaired) electrons. The molecule has 0 unspecified atom stereocenters. The summed E-state index contributed by atoms with van der Waals surface area (Å²) in [6.07, 6.45) is 4.63. The summed E-state index contributed by atoms with van der Waals surface area (Å²) in [4.78, 5) is 31.4. The number of hydrogen-bond donors (Lipinski definition) is 2. The number of nitrogens with one attached hydrogen (secondary N) is 1. The van der Waals surface area contributed by atoms with Crippen molar-refractivity contribution in [1.29, 1.82) is 0 Å². The van der Waals surface area contributed by atoms with Crippen LogP contribution >= 0.6 is 11.9 Å². The molecule has 250 valence electrons. The van der Waals surface area contributed by atoms with E-state index in [0.29, 0.717) is 56.0 Å². The van der Waals surface area contributed by atoms with E-state index in [0.717, 1.165) is 23.0 Å². The number of amides is 1. The molecule has 46 heavy (non-hydrogen) atoms. The average molecular weight is 661 g/mol. The van der Waals surface area contributed by atoms with E-state index in [1.807, 2.05) is 37.5 Å². The van der Waals surface area contributed by atoms with Gasteiger partial charge >= 0.3 is 0 Å². The monoisotopic (exact) mass is 660 g/mol. The van der Waals surface area contributed by atoms with Crippen LogP contribution in [0.4, 0.5) is 13.2 Å². The first-order chi connectivity index (χ1) is 22.1. The fraction of sp³-hybridized carbons (Fsp3) is 0.500. The van der Waals surface area contributed by atoms with Gasteiger partial charge in [-0.25, -0.2) is 13.1 Å². The molecule has 2 heterocycles. The van der Waals surface area contributed by atoms with E-state index in [-0.39, 0.29) is 37.5 Å². The van der Waals surface area contributed by atoms with Gasteiger partial charge < -0.3 is 24.9 Å². The van der Waals surface area contributed by atoms with Crippen LogP contribution in [0.5, 0.6) is 5.75 Å². The van der Waals surface area contributed by atoms with Crippen molar-refractivity contribution in [2.24, 2.45) is 4.99 Å². The van der Waals surface area contributed by atoms with E-state index in [2.05, 4.69) is 14.6 Å². The van der Waals surface area contributed by atoms with Gasteiger partial charge in [-0.3, -0.25) is 14.2 Å². The van der Waals surface area contributed by atoms with Gasteiger partial charge in [0, 0.05) is 50.8 Å². The summed E-state index contributed by atoms with van der Waals surface area (Å²) in [6.45, 7) is 4.55. The third kappa shape index (κ3) is 8.71. The summed E-state index contributed by atoms with van der Waals surface area (Å²) in [5, 5.41) is 15.4. The second kappa shape index (κ2) is 16.0. The van der Waals surface area contributed by atoms with Crippen molar-refractivity contribution >= 4 is 36.1 Å². The zero-order chi connectivity index (χ0) is 33.3. The predicted molar refractivity (Wildman–Crippen MR) is 176 cm³/mol. The van der Waals surface area contributed by atoms with Crippen LogP contribution in [0.25, 0.3) is 6.08 Å². The predicted octanol–water partition coefficient (Wildman–Crippen LogP) is 5.44.